The van der Waals surface area contributed by atoms with Gasteiger partial charge in [-0.05, 0) is 39.3 Å². The summed E-state index contributed by atoms with van der Waals surface area (Å²) in [6.45, 7) is 7.00. The van der Waals surface area contributed by atoms with Gasteiger partial charge in [0.25, 0.3) is 0 Å². The van der Waals surface area contributed by atoms with Gasteiger partial charge in [0.15, 0.2) is 0 Å². The summed E-state index contributed by atoms with van der Waals surface area (Å²) in [6.07, 6.45) is 0. The third kappa shape index (κ3) is 6.14. The summed E-state index contributed by atoms with van der Waals surface area (Å²) in [5.74, 6) is -0.626. The van der Waals surface area contributed by atoms with E-state index in [0.717, 1.165) is 0 Å². The zero-order chi connectivity index (χ0) is 16.3. The van der Waals surface area contributed by atoms with Crippen LogP contribution >= 0.6 is 0 Å². The number of para-hydroxylation sites is 1. The molecule has 21 heavy (non-hydrogen) atoms. The Labute approximate surface area is 126 Å². The summed E-state index contributed by atoms with van der Waals surface area (Å²) in [5, 5.41) is 2.73. The molecular formula is C14H23N3O3S. The maximum Gasteiger partial charge on any atom is 0.238 e. The Bertz CT molecular complexity index is 606. The van der Waals surface area contributed by atoms with Crippen molar-refractivity contribution in [1.29, 1.82) is 0 Å². The van der Waals surface area contributed by atoms with Crippen molar-refractivity contribution in [1.82, 2.24) is 10.0 Å². The number of rotatable bonds is 5. The molecule has 1 atom stereocenters. The molecule has 1 aromatic rings. The topological polar surface area (TPSA) is 101 Å². The van der Waals surface area contributed by atoms with Crippen molar-refractivity contribution in [3.63, 3.8) is 0 Å². The van der Waals surface area contributed by atoms with E-state index in [-0.39, 0.29) is 11.7 Å². The summed E-state index contributed by atoms with van der Waals surface area (Å²) in [4.78, 5) is 11.9. The van der Waals surface area contributed by atoms with Gasteiger partial charge in [0.05, 0.1) is 11.8 Å². The highest BCUT2D eigenvalue weighted by Crippen LogP contribution is 2.13. The Morgan fingerprint density at radius 1 is 1.29 bits per heavy atom. The second kappa shape index (κ2) is 6.44. The predicted octanol–water partition coefficient (Wildman–Crippen LogP) is 0.991. The number of benzene rings is 1. The Morgan fingerprint density at radius 3 is 2.38 bits per heavy atom. The van der Waals surface area contributed by atoms with Crippen LogP contribution in [0.4, 0.5) is 5.69 Å². The lowest BCUT2D eigenvalue weighted by molar-refractivity contribution is -0.123. The molecule has 0 aliphatic carbocycles. The van der Waals surface area contributed by atoms with Crippen LogP contribution in [0.2, 0.25) is 0 Å². The van der Waals surface area contributed by atoms with Gasteiger partial charge in [-0.2, -0.15) is 0 Å². The standard InChI is InChI=1S/C14H23N3O3S/c1-10(13(18)16-14(2,3)4)17-21(19,20)9-11-7-5-6-8-12(11)15/h5-8,10,17H,9,15H2,1-4H3,(H,16,18). The average Bonchev–Trinajstić information content (AvgIpc) is 2.29. The number of amides is 1. The molecule has 1 unspecified atom stereocenters. The second-order valence-electron chi connectivity index (χ2n) is 6.04. The van der Waals surface area contributed by atoms with Crippen LogP contribution in [0.25, 0.3) is 0 Å². The summed E-state index contributed by atoms with van der Waals surface area (Å²) in [6, 6.07) is 5.89. The van der Waals surface area contributed by atoms with E-state index in [0.29, 0.717) is 11.3 Å². The molecule has 6 nitrogen and oxygen atoms in total. The van der Waals surface area contributed by atoms with Crippen LogP contribution < -0.4 is 15.8 Å². The number of hydrogen-bond donors (Lipinski definition) is 3. The van der Waals surface area contributed by atoms with Gasteiger partial charge in [0.2, 0.25) is 15.9 Å². The minimum absolute atomic E-state index is 0.257. The van der Waals surface area contributed by atoms with Gasteiger partial charge in [0, 0.05) is 11.2 Å². The molecule has 0 radical (unpaired) electrons. The van der Waals surface area contributed by atoms with Gasteiger partial charge < -0.3 is 11.1 Å². The van der Waals surface area contributed by atoms with Gasteiger partial charge in [-0.3, -0.25) is 4.79 Å². The van der Waals surface area contributed by atoms with Crippen LogP contribution in [0.1, 0.15) is 33.3 Å². The lowest BCUT2D eigenvalue weighted by Crippen LogP contribution is -2.50. The Morgan fingerprint density at radius 2 is 1.86 bits per heavy atom. The Balaban J connectivity index is 2.73. The first-order chi connectivity index (χ1) is 9.50. The highest BCUT2D eigenvalue weighted by molar-refractivity contribution is 7.88. The van der Waals surface area contributed by atoms with E-state index in [1.54, 1.807) is 24.3 Å². The van der Waals surface area contributed by atoms with Crippen molar-refractivity contribution in [3.8, 4) is 0 Å². The third-order valence-corrected chi connectivity index (χ3v) is 4.05. The number of anilines is 1. The molecule has 0 spiro atoms. The normalized spacial score (nSPS) is 13.7. The lowest BCUT2D eigenvalue weighted by atomic mass is 10.1. The number of nitrogens with two attached hydrogens (primary N) is 1. The van der Waals surface area contributed by atoms with Crippen LogP contribution in [0, 0.1) is 0 Å². The molecule has 0 bridgehead atoms. The minimum atomic E-state index is -3.65. The molecule has 0 saturated heterocycles. The first-order valence-electron chi connectivity index (χ1n) is 6.65. The molecule has 0 aliphatic heterocycles. The third-order valence-electron chi connectivity index (χ3n) is 2.65. The zero-order valence-corrected chi connectivity index (χ0v) is 13.6. The molecule has 1 amide bonds. The van der Waals surface area contributed by atoms with Crippen molar-refractivity contribution in [2.75, 3.05) is 5.73 Å². The summed E-state index contributed by atoms with van der Waals surface area (Å²) >= 11 is 0. The highest BCUT2D eigenvalue weighted by Gasteiger charge is 2.24. The van der Waals surface area contributed by atoms with Crippen LogP contribution in [0.5, 0.6) is 0 Å². The van der Waals surface area contributed by atoms with Gasteiger partial charge in [-0.25, -0.2) is 13.1 Å². The van der Waals surface area contributed by atoms with E-state index in [1.165, 1.54) is 6.92 Å². The summed E-state index contributed by atoms with van der Waals surface area (Å²) < 4.78 is 26.5. The number of nitrogens with one attached hydrogen (secondary N) is 2. The fourth-order valence-corrected chi connectivity index (χ4v) is 3.11. The molecule has 4 N–H and O–H groups in total. The van der Waals surface area contributed by atoms with E-state index < -0.39 is 21.6 Å². The van der Waals surface area contributed by atoms with E-state index in [4.69, 9.17) is 5.73 Å². The van der Waals surface area contributed by atoms with E-state index in [2.05, 4.69) is 10.0 Å². The van der Waals surface area contributed by atoms with Crippen molar-refractivity contribution >= 4 is 21.6 Å². The van der Waals surface area contributed by atoms with Crippen LogP contribution in [0.3, 0.4) is 0 Å². The van der Waals surface area contributed by atoms with Crippen molar-refractivity contribution in [2.45, 2.75) is 45.0 Å². The minimum Gasteiger partial charge on any atom is -0.398 e. The van der Waals surface area contributed by atoms with Crippen LogP contribution in [-0.2, 0) is 20.6 Å². The quantitative estimate of drug-likeness (QED) is 0.706. The fourth-order valence-electron chi connectivity index (χ4n) is 1.71. The summed E-state index contributed by atoms with van der Waals surface area (Å²) in [5.41, 5.74) is 6.23. The van der Waals surface area contributed by atoms with Gasteiger partial charge >= 0.3 is 0 Å². The van der Waals surface area contributed by atoms with Crippen LogP contribution in [0.15, 0.2) is 24.3 Å². The maximum absolute atomic E-state index is 12.1. The maximum atomic E-state index is 12.1. The number of nitrogen functional groups attached to an aromatic ring is 1. The van der Waals surface area contributed by atoms with Crippen molar-refractivity contribution in [3.05, 3.63) is 29.8 Å². The largest absolute Gasteiger partial charge is 0.398 e. The summed E-state index contributed by atoms with van der Waals surface area (Å²) in [7, 11) is -3.65. The zero-order valence-electron chi connectivity index (χ0n) is 12.8. The molecule has 0 fully saturated rings. The molecule has 0 heterocycles. The first kappa shape index (κ1) is 17.5. The second-order valence-corrected chi connectivity index (χ2v) is 7.79. The van der Waals surface area contributed by atoms with E-state index in [1.807, 2.05) is 20.8 Å². The van der Waals surface area contributed by atoms with Crippen LogP contribution in [-0.4, -0.2) is 25.9 Å². The SMILES string of the molecule is CC(NS(=O)(=O)Cc1ccccc1N)C(=O)NC(C)(C)C. The Hall–Kier alpha value is -1.60. The smallest absolute Gasteiger partial charge is 0.238 e. The number of carbonyl (C=O) groups is 1. The molecule has 0 saturated carbocycles. The van der Waals surface area contributed by atoms with E-state index >= 15 is 0 Å². The molecule has 118 valence electrons. The molecule has 7 heteroatoms. The van der Waals surface area contributed by atoms with Gasteiger partial charge in [-0.1, -0.05) is 18.2 Å². The molecular weight excluding hydrogens is 290 g/mol. The van der Waals surface area contributed by atoms with E-state index in [9.17, 15) is 13.2 Å². The number of carbonyl (C=O) groups excluding carboxylic acids is 1. The molecule has 0 aromatic heterocycles. The van der Waals surface area contributed by atoms with Gasteiger partial charge in [-0.15, -0.1) is 0 Å². The van der Waals surface area contributed by atoms with Crippen molar-refractivity contribution < 1.29 is 13.2 Å². The molecule has 1 aromatic carbocycles. The molecule has 0 aliphatic rings. The van der Waals surface area contributed by atoms with Crippen molar-refractivity contribution in [2.24, 2.45) is 0 Å². The first-order valence-corrected chi connectivity index (χ1v) is 8.31. The predicted molar refractivity (Wildman–Crippen MR) is 84.0 cm³/mol. The Kier molecular flexibility index (Phi) is 5.36. The lowest BCUT2D eigenvalue weighted by Gasteiger charge is -2.23. The highest BCUT2D eigenvalue weighted by atomic mass is 32.2. The fraction of sp³-hybridized carbons (Fsp3) is 0.500. The van der Waals surface area contributed by atoms with Gasteiger partial charge in [0.1, 0.15) is 0 Å². The molecule has 1 rings (SSSR count). The monoisotopic (exact) mass is 313 g/mol. The number of sulfonamides is 1. The number of hydrogen-bond acceptors (Lipinski definition) is 4. The average molecular weight is 313 g/mol.